The molecule has 0 spiro atoms. The third-order valence-electron chi connectivity index (χ3n) is 5.85. The summed E-state index contributed by atoms with van der Waals surface area (Å²) in [4.78, 5) is -0.0600. The third kappa shape index (κ3) is 8.24. The molecule has 0 aliphatic carbocycles. The normalized spacial score (nSPS) is 11.7. The van der Waals surface area contributed by atoms with Crippen LogP contribution in [-0.4, -0.2) is 34.8 Å². The first-order chi connectivity index (χ1) is 19.1. The van der Waals surface area contributed by atoms with Gasteiger partial charge in [0.1, 0.15) is 54.5 Å². The molecule has 0 saturated heterocycles. The molecule has 0 heterocycles. The third-order valence-corrected chi connectivity index (χ3v) is 7.13. The van der Waals surface area contributed by atoms with E-state index in [4.69, 9.17) is 18.4 Å². The highest BCUT2D eigenvalue weighted by atomic mass is 32.2. The molecule has 40 heavy (non-hydrogen) atoms. The molecule has 0 amide bonds. The second-order valence-corrected chi connectivity index (χ2v) is 10.9. The minimum Gasteiger partial charge on any atom is -0.493 e. The van der Waals surface area contributed by atoms with E-state index in [1.807, 2.05) is 6.92 Å². The molecule has 4 aromatic rings. The minimum atomic E-state index is -4.23. The summed E-state index contributed by atoms with van der Waals surface area (Å²) in [6.45, 7) is 0.544. The van der Waals surface area contributed by atoms with Crippen molar-refractivity contribution < 1.29 is 40.0 Å². The Balaban J connectivity index is 1.64. The van der Waals surface area contributed by atoms with Crippen molar-refractivity contribution in [3.63, 3.8) is 0 Å². The van der Waals surface area contributed by atoms with Crippen molar-refractivity contribution in [3.05, 3.63) is 120 Å². The molecule has 0 N–H and O–H groups in total. The lowest BCUT2D eigenvalue weighted by Gasteiger charge is -2.32. The lowest BCUT2D eigenvalue weighted by Crippen LogP contribution is -2.45. The van der Waals surface area contributed by atoms with Gasteiger partial charge in [-0.25, -0.2) is 13.2 Å². The lowest BCUT2D eigenvalue weighted by molar-refractivity contribution is -0.00188. The van der Waals surface area contributed by atoms with E-state index >= 15 is 0 Å². The molecule has 0 aliphatic heterocycles. The first kappa shape index (κ1) is 29.0. The molecule has 0 atom stereocenters. The van der Waals surface area contributed by atoms with E-state index in [1.165, 1.54) is 66.7 Å². The SMILES string of the molecule is Cc1ccc(S(=O)(=O)OCC(COc2cccc(F)c2)(COc2cccc(F)c2)COc2cccc(F)c2)cc1. The van der Waals surface area contributed by atoms with Crippen LogP contribution in [0.25, 0.3) is 0 Å². The summed E-state index contributed by atoms with van der Waals surface area (Å²) in [6, 6.07) is 22.3. The molecule has 0 aromatic heterocycles. The van der Waals surface area contributed by atoms with E-state index in [0.29, 0.717) is 0 Å². The Hall–Kier alpha value is -4.02. The number of hydrogen-bond donors (Lipinski definition) is 0. The number of benzene rings is 4. The Bertz CT molecular complexity index is 1410. The number of rotatable bonds is 13. The van der Waals surface area contributed by atoms with Gasteiger partial charge in [-0.3, -0.25) is 4.18 Å². The Morgan fingerprint density at radius 1 is 0.600 bits per heavy atom. The molecule has 0 unspecified atom stereocenters. The second-order valence-electron chi connectivity index (χ2n) is 9.27. The van der Waals surface area contributed by atoms with Crippen molar-refractivity contribution in [2.75, 3.05) is 26.4 Å². The van der Waals surface area contributed by atoms with Crippen molar-refractivity contribution in [2.24, 2.45) is 5.41 Å². The maximum absolute atomic E-state index is 13.8. The molecule has 0 aliphatic rings. The monoisotopic (exact) mass is 572 g/mol. The average Bonchev–Trinajstić information content (AvgIpc) is 2.93. The van der Waals surface area contributed by atoms with Crippen LogP contribution in [0.2, 0.25) is 0 Å². The zero-order valence-electron chi connectivity index (χ0n) is 21.6. The predicted octanol–water partition coefficient (Wildman–Crippen LogP) is 6.34. The molecule has 0 bridgehead atoms. The largest absolute Gasteiger partial charge is 0.493 e. The van der Waals surface area contributed by atoms with Crippen molar-refractivity contribution in [1.82, 2.24) is 0 Å². The van der Waals surface area contributed by atoms with Crippen LogP contribution in [-0.2, 0) is 14.3 Å². The molecule has 10 heteroatoms. The van der Waals surface area contributed by atoms with Gasteiger partial charge in [0.25, 0.3) is 10.1 Å². The van der Waals surface area contributed by atoms with Crippen LogP contribution in [0.5, 0.6) is 17.2 Å². The molecule has 0 saturated carbocycles. The van der Waals surface area contributed by atoms with Gasteiger partial charge in [0.05, 0.1) is 16.9 Å². The quantitative estimate of drug-likeness (QED) is 0.174. The fraction of sp³-hybridized carbons (Fsp3) is 0.200. The minimum absolute atomic E-state index is 0.0600. The van der Waals surface area contributed by atoms with Gasteiger partial charge in [-0.15, -0.1) is 0 Å². The van der Waals surface area contributed by atoms with E-state index in [-0.39, 0.29) is 42.0 Å². The van der Waals surface area contributed by atoms with Crippen LogP contribution in [0.15, 0.2) is 102 Å². The van der Waals surface area contributed by atoms with Gasteiger partial charge in [0.15, 0.2) is 0 Å². The van der Waals surface area contributed by atoms with Crippen molar-refractivity contribution in [2.45, 2.75) is 11.8 Å². The van der Waals surface area contributed by atoms with Crippen LogP contribution in [0.4, 0.5) is 13.2 Å². The zero-order chi connectivity index (χ0) is 28.6. The smallest absolute Gasteiger partial charge is 0.296 e. The highest BCUT2D eigenvalue weighted by Crippen LogP contribution is 2.28. The molecule has 4 rings (SSSR count). The molecular weight excluding hydrogens is 545 g/mol. The summed E-state index contributed by atoms with van der Waals surface area (Å²) < 4.78 is 90.5. The molecule has 210 valence electrons. The van der Waals surface area contributed by atoms with E-state index in [1.54, 1.807) is 12.1 Å². The summed E-state index contributed by atoms with van der Waals surface area (Å²) in [5.74, 6) is -1.10. The van der Waals surface area contributed by atoms with Gasteiger partial charge >= 0.3 is 0 Å². The van der Waals surface area contributed by atoms with E-state index in [2.05, 4.69) is 0 Å². The summed E-state index contributed by atoms with van der Waals surface area (Å²) in [5.41, 5.74) is -0.494. The van der Waals surface area contributed by atoms with Crippen LogP contribution < -0.4 is 14.2 Å². The van der Waals surface area contributed by atoms with Crippen LogP contribution in [0, 0.1) is 29.8 Å². The molecular formula is C30H27F3O6S. The first-order valence-electron chi connectivity index (χ1n) is 12.2. The Morgan fingerprint density at radius 2 is 1.00 bits per heavy atom. The summed E-state index contributed by atoms with van der Waals surface area (Å²) in [6.07, 6.45) is 0. The first-order valence-corrected chi connectivity index (χ1v) is 13.6. The molecule has 4 aromatic carbocycles. The van der Waals surface area contributed by atoms with Gasteiger partial charge in [0.2, 0.25) is 0 Å². The van der Waals surface area contributed by atoms with Crippen molar-refractivity contribution in [1.29, 1.82) is 0 Å². The fourth-order valence-electron chi connectivity index (χ4n) is 3.61. The van der Waals surface area contributed by atoms with Crippen molar-refractivity contribution in [3.8, 4) is 17.2 Å². The maximum Gasteiger partial charge on any atom is 0.296 e. The molecule has 6 nitrogen and oxygen atoms in total. The Morgan fingerprint density at radius 3 is 1.38 bits per heavy atom. The summed E-state index contributed by atoms with van der Waals surface area (Å²) in [5, 5.41) is 0. The average molecular weight is 573 g/mol. The van der Waals surface area contributed by atoms with Crippen LogP contribution >= 0.6 is 0 Å². The second kappa shape index (κ2) is 12.9. The van der Waals surface area contributed by atoms with Gasteiger partial charge in [0, 0.05) is 18.2 Å². The maximum atomic E-state index is 13.8. The van der Waals surface area contributed by atoms with Gasteiger partial charge in [-0.05, 0) is 55.5 Å². The van der Waals surface area contributed by atoms with E-state index in [0.717, 1.165) is 23.8 Å². The number of halogens is 3. The predicted molar refractivity (Wildman–Crippen MR) is 142 cm³/mol. The topological polar surface area (TPSA) is 71.1 Å². The van der Waals surface area contributed by atoms with E-state index < -0.39 is 39.6 Å². The number of hydrogen-bond acceptors (Lipinski definition) is 6. The fourth-order valence-corrected chi connectivity index (χ4v) is 4.62. The molecule has 0 radical (unpaired) electrons. The Labute approximate surface area is 231 Å². The van der Waals surface area contributed by atoms with Gasteiger partial charge in [-0.1, -0.05) is 35.9 Å². The Kier molecular flexibility index (Phi) is 9.34. The van der Waals surface area contributed by atoms with Crippen LogP contribution in [0.1, 0.15) is 5.56 Å². The van der Waals surface area contributed by atoms with Crippen LogP contribution in [0.3, 0.4) is 0 Å². The number of ether oxygens (including phenoxy) is 3. The highest BCUT2D eigenvalue weighted by Gasteiger charge is 2.37. The highest BCUT2D eigenvalue weighted by molar-refractivity contribution is 7.86. The summed E-state index contributed by atoms with van der Waals surface area (Å²) in [7, 11) is -4.23. The van der Waals surface area contributed by atoms with Gasteiger partial charge < -0.3 is 14.2 Å². The standard InChI is InChI=1S/C30H27F3O6S/c1-22-11-13-29(14-12-22)40(34,35)39-21-30(18-36-26-8-2-5-23(31)15-26,19-37-27-9-3-6-24(32)16-27)20-38-28-10-4-7-25(33)17-28/h2-17H,18-21H2,1H3. The van der Waals surface area contributed by atoms with E-state index in [9.17, 15) is 21.6 Å². The van der Waals surface area contributed by atoms with Gasteiger partial charge in [-0.2, -0.15) is 8.42 Å². The zero-order valence-corrected chi connectivity index (χ0v) is 22.4. The number of aryl methyl sites for hydroxylation is 1. The summed E-state index contributed by atoms with van der Waals surface area (Å²) >= 11 is 0. The van der Waals surface area contributed by atoms with Crippen molar-refractivity contribution >= 4 is 10.1 Å². The lowest BCUT2D eigenvalue weighted by atomic mass is 9.92. The molecule has 0 fully saturated rings.